The van der Waals surface area contributed by atoms with E-state index in [1.807, 2.05) is 11.6 Å². The minimum absolute atomic E-state index is 0.677. The van der Waals surface area contributed by atoms with Gasteiger partial charge >= 0.3 is 0 Å². The Kier molecular flexibility index (Phi) is 2.83. The number of hydrogen-bond donors (Lipinski definition) is 1. The third-order valence-corrected chi connectivity index (χ3v) is 3.63. The van der Waals surface area contributed by atoms with Gasteiger partial charge in [0.2, 0.25) is 0 Å². The van der Waals surface area contributed by atoms with Crippen molar-refractivity contribution < 1.29 is 0 Å². The molecule has 72 valence electrons. The molecule has 0 amide bonds. The zero-order valence-electron chi connectivity index (χ0n) is 7.99. The van der Waals surface area contributed by atoms with Crippen molar-refractivity contribution in [3.8, 4) is 0 Å². The third kappa shape index (κ3) is 2.02. The van der Waals surface area contributed by atoms with Crippen LogP contribution in [0.5, 0.6) is 0 Å². The summed E-state index contributed by atoms with van der Waals surface area (Å²) in [5.74, 6) is 0.865. The average Bonchev–Trinajstić information content (AvgIpc) is 2.76. The molecule has 13 heavy (non-hydrogen) atoms. The summed E-state index contributed by atoms with van der Waals surface area (Å²) in [5.41, 5.74) is 0. The molecule has 1 aliphatic rings. The van der Waals surface area contributed by atoms with Crippen molar-refractivity contribution in [3.05, 3.63) is 11.6 Å². The molecule has 0 aliphatic heterocycles. The van der Waals surface area contributed by atoms with E-state index in [0.29, 0.717) is 6.04 Å². The Balaban J connectivity index is 1.94. The first-order chi connectivity index (χ1) is 6.40. The molecule has 1 fully saturated rings. The van der Waals surface area contributed by atoms with Gasteiger partial charge in [-0.3, -0.25) is 0 Å². The predicted octanol–water partition coefficient (Wildman–Crippen LogP) is 3.13. The Hall–Kier alpha value is -0.570. The second-order valence-electron chi connectivity index (χ2n) is 3.69. The molecular formula is C10H16N2S. The number of nitrogens with one attached hydrogen (secondary N) is 1. The molecular weight excluding hydrogens is 180 g/mol. The van der Waals surface area contributed by atoms with Crippen LogP contribution in [0.25, 0.3) is 0 Å². The SMILES string of the molecule is CCC1CCCC1Nc1nccs1. The van der Waals surface area contributed by atoms with Crippen molar-refractivity contribution in [1.29, 1.82) is 0 Å². The number of nitrogens with zero attached hydrogens (tertiary/aromatic N) is 1. The van der Waals surface area contributed by atoms with Gasteiger partial charge in [0.25, 0.3) is 0 Å². The van der Waals surface area contributed by atoms with E-state index in [1.165, 1.54) is 25.7 Å². The standard InChI is InChI=1S/C10H16N2S/c1-2-8-4-3-5-9(8)12-10-11-6-7-13-10/h6-9H,2-5H2,1H3,(H,11,12). The van der Waals surface area contributed by atoms with Crippen LogP contribution in [0.3, 0.4) is 0 Å². The van der Waals surface area contributed by atoms with E-state index in [1.54, 1.807) is 11.3 Å². The lowest BCUT2D eigenvalue weighted by molar-refractivity contribution is 0.489. The number of rotatable bonds is 3. The van der Waals surface area contributed by atoms with Crippen LogP contribution >= 0.6 is 11.3 Å². The van der Waals surface area contributed by atoms with Gasteiger partial charge in [0.15, 0.2) is 5.13 Å². The van der Waals surface area contributed by atoms with E-state index < -0.39 is 0 Å². The summed E-state index contributed by atoms with van der Waals surface area (Å²) < 4.78 is 0. The highest BCUT2D eigenvalue weighted by Crippen LogP contribution is 2.30. The van der Waals surface area contributed by atoms with Crippen LogP contribution < -0.4 is 5.32 Å². The summed E-state index contributed by atoms with van der Waals surface area (Å²) in [4.78, 5) is 4.26. The van der Waals surface area contributed by atoms with E-state index in [0.717, 1.165) is 11.0 Å². The minimum atomic E-state index is 0.677. The maximum atomic E-state index is 4.26. The molecule has 1 heterocycles. The van der Waals surface area contributed by atoms with Gasteiger partial charge in [-0.2, -0.15) is 0 Å². The molecule has 2 nitrogen and oxygen atoms in total. The fourth-order valence-corrected chi connectivity index (χ4v) is 2.76. The smallest absolute Gasteiger partial charge is 0.182 e. The molecule has 3 heteroatoms. The van der Waals surface area contributed by atoms with Crippen LogP contribution in [-0.2, 0) is 0 Å². The van der Waals surface area contributed by atoms with Crippen LogP contribution in [0, 0.1) is 5.92 Å². The molecule has 0 saturated heterocycles. The van der Waals surface area contributed by atoms with Gasteiger partial charge < -0.3 is 5.32 Å². The molecule has 1 saturated carbocycles. The highest BCUT2D eigenvalue weighted by Gasteiger charge is 2.25. The minimum Gasteiger partial charge on any atom is -0.359 e. The molecule has 0 bridgehead atoms. The second-order valence-corrected chi connectivity index (χ2v) is 4.58. The molecule has 1 aliphatic carbocycles. The molecule has 2 atom stereocenters. The molecule has 0 radical (unpaired) electrons. The summed E-state index contributed by atoms with van der Waals surface area (Å²) in [6.45, 7) is 2.28. The van der Waals surface area contributed by atoms with Crippen molar-refractivity contribution in [2.75, 3.05) is 5.32 Å². The molecule has 1 aromatic heterocycles. The van der Waals surface area contributed by atoms with Gasteiger partial charge in [-0.25, -0.2) is 4.98 Å². The average molecular weight is 196 g/mol. The van der Waals surface area contributed by atoms with Crippen LogP contribution in [0.15, 0.2) is 11.6 Å². The van der Waals surface area contributed by atoms with Gasteiger partial charge in [0.1, 0.15) is 0 Å². The van der Waals surface area contributed by atoms with E-state index in [9.17, 15) is 0 Å². The Morgan fingerprint density at radius 1 is 1.62 bits per heavy atom. The first kappa shape index (κ1) is 9.00. The summed E-state index contributed by atoms with van der Waals surface area (Å²) in [5, 5.41) is 6.64. The first-order valence-corrected chi connectivity index (χ1v) is 5.94. The highest BCUT2D eigenvalue weighted by atomic mass is 32.1. The lowest BCUT2D eigenvalue weighted by atomic mass is 10.0. The van der Waals surface area contributed by atoms with Crippen molar-refractivity contribution in [3.63, 3.8) is 0 Å². The van der Waals surface area contributed by atoms with Crippen LogP contribution in [-0.4, -0.2) is 11.0 Å². The Labute approximate surface area is 83.4 Å². The van der Waals surface area contributed by atoms with Crippen LogP contribution in [0.2, 0.25) is 0 Å². The van der Waals surface area contributed by atoms with Crippen molar-refractivity contribution in [1.82, 2.24) is 4.98 Å². The summed E-state index contributed by atoms with van der Waals surface area (Å²) >= 11 is 1.70. The van der Waals surface area contributed by atoms with Crippen molar-refractivity contribution >= 4 is 16.5 Å². The molecule has 1 N–H and O–H groups in total. The number of hydrogen-bond acceptors (Lipinski definition) is 3. The molecule has 1 aromatic rings. The number of thiazole rings is 1. The quantitative estimate of drug-likeness (QED) is 0.803. The molecule has 2 rings (SSSR count). The van der Waals surface area contributed by atoms with Crippen LogP contribution in [0.4, 0.5) is 5.13 Å². The fourth-order valence-electron chi connectivity index (χ4n) is 2.17. The van der Waals surface area contributed by atoms with E-state index in [-0.39, 0.29) is 0 Å². The predicted molar refractivity (Wildman–Crippen MR) is 57.2 cm³/mol. The second kappa shape index (κ2) is 4.09. The topological polar surface area (TPSA) is 24.9 Å². The zero-order valence-corrected chi connectivity index (χ0v) is 8.81. The summed E-state index contributed by atoms with van der Waals surface area (Å²) in [6, 6.07) is 0.677. The normalized spacial score (nSPS) is 27.8. The number of aromatic nitrogens is 1. The molecule has 0 spiro atoms. The first-order valence-electron chi connectivity index (χ1n) is 5.06. The fraction of sp³-hybridized carbons (Fsp3) is 0.700. The Morgan fingerprint density at radius 3 is 3.23 bits per heavy atom. The lowest BCUT2D eigenvalue weighted by Gasteiger charge is -2.18. The largest absolute Gasteiger partial charge is 0.359 e. The summed E-state index contributed by atoms with van der Waals surface area (Å²) in [6.07, 6.45) is 7.24. The third-order valence-electron chi connectivity index (χ3n) is 2.92. The van der Waals surface area contributed by atoms with Gasteiger partial charge in [-0.05, 0) is 18.8 Å². The van der Waals surface area contributed by atoms with E-state index in [2.05, 4.69) is 17.2 Å². The van der Waals surface area contributed by atoms with Crippen molar-refractivity contribution in [2.24, 2.45) is 5.92 Å². The lowest BCUT2D eigenvalue weighted by Crippen LogP contribution is -2.23. The maximum absolute atomic E-state index is 4.26. The van der Waals surface area contributed by atoms with E-state index >= 15 is 0 Å². The Bertz CT molecular complexity index is 245. The maximum Gasteiger partial charge on any atom is 0.182 e. The van der Waals surface area contributed by atoms with Gasteiger partial charge in [-0.15, -0.1) is 11.3 Å². The van der Waals surface area contributed by atoms with Gasteiger partial charge in [-0.1, -0.05) is 19.8 Å². The monoisotopic (exact) mass is 196 g/mol. The van der Waals surface area contributed by atoms with Gasteiger partial charge in [0.05, 0.1) is 0 Å². The van der Waals surface area contributed by atoms with E-state index in [4.69, 9.17) is 0 Å². The van der Waals surface area contributed by atoms with Crippen LogP contribution in [0.1, 0.15) is 32.6 Å². The summed E-state index contributed by atoms with van der Waals surface area (Å²) in [7, 11) is 0. The highest BCUT2D eigenvalue weighted by molar-refractivity contribution is 7.13. The molecule has 2 unspecified atom stereocenters. The Morgan fingerprint density at radius 2 is 2.54 bits per heavy atom. The number of anilines is 1. The van der Waals surface area contributed by atoms with Crippen molar-refractivity contribution in [2.45, 2.75) is 38.6 Å². The van der Waals surface area contributed by atoms with Gasteiger partial charge in [0, 0.05) is 17.6 Å². The zero-order chi connectivity index (χ0) is 9.10. The molecule has 0 aromatic carbocycles.